The van der Waals surface area contributed by atoms with Gasteiger partial charge in [-0.15, -0.1) is 0 Å². The van der Waals surface area contributed by atoms with Crippen LogP contribution < -0.4 is 14.5 Å². The van der Waals surface area contributed by atoms with Gasteiger partial charge in [0, 0.05) is 50.3 Å². The molecule has 25 heavy (non-hydrogen) atoms. The second-order valence-corrected chi connectivity index (χ2v) is 6.54. The summed E-state index contributed by atoms with van der Waals surface area (Å²) in [4.78, 5) is 21.2. The summed E-state index contributed by atoms with van der Waals surface area (Å²) in [5, 5.41) is 0. The van der Waals surface area contributed by atoms with Crippen LogP contribution in [0.15, 0.2) is 18.6 Å². The van der Waals surface area contributed by atoms with Gasteiger partial charge in [-0.25, -0.2) is 19.3 Å². The van der Waals surface area contributed by atoms with E-state index in [9.17, 15) is 4.39 Å². The van der Waals surface area contributed by atoms with Crippen LogP contribution >= 0.6 is 0 Å². The molecule has 2 saturated heterocycles. The SMILES string of the molecule is CCc1ncnc(N2CC3CN(c4nccc(OC)n4)CC3C2)c1F. The minimum Gasteiger partial charge on any atom is -0.481 e. The van der Waals surface area contributed by atoms with Gasteiger partial charge in [-0.3, -0.25) is 0 Å². The molecule has 0 aliphatic carbocycles. The number of ether oxygens (including phenoxy) is 1. The van der Waals surface area contributed by atoms with Crippen LogP contribution in [0, 0.1) is 17.7 Å². The van der Waals surface area contributed by atoms with Crippen molar-refractivity contribution in [3.63, 3.8) is 0 Å². The van der Waals surface area contributed by atoms with Crippen molar-refractivity contribution in [1.29, 1.82) is 0 Å². The van der Waals surface area contributed by atoms with Crippen molar-refractivity contribution in [2.24, 2.45) is 11.8 Å². The van der Waals surface area contributed by atoms with E-state index in [1.54, 1.807) is 19.4 Å². The van der Waals surface area contributed by atoms with E-state index >= 15 is 0 Å². The van der Waals surface area contributed by atoms with Gasteiger partial charge in [-0.05, 0) is 6.42 Å². The molecular formula is C17H21FN6O. The number of aromatic nitrogens is 4. The molecule has 0 amide bonds. The summed E-state index contributed by atoms with van der Waals surface area (Å²) in [6.45, 7) is 5.22. The molecule has 4 rings (SSSR count). The van der Waals surface area contributed by atoms with E-state index in [0.29, 0.717) is 41.6 Å². The van der Waals surface area contributed by atoms with Gasteiger partial charge in [0.15, 0.2) is 11.6 Å². The Morgan fingerprint density at radius 3 is 2.52 bits per heavy atom. The average Bonchev–Trinajstić information content (AvgIpc) is 3.21. The Kier molecular flexibility index (Phi) is 4.10. The zero-order valence-corrected chi connectivity index (χ0v) is 14.4. The fraction of sp³-hybridized carbons (Fsp3) is 0.529. The summed E-state index contributed by atoms with van der Waals surface area (Å²) in [6.07, 6.45) is 3.74. The molecule has 0 radical (unpaired) electrons. The Balaban J connectivity index is 1.47. The van der Waals surface area contributed by atoms with Gasteiger partial charge in [0.2, 0.25) is 11.8 Å². The number of methoxy groups -OCH3 is 1. The molecule has 2 unspecified atom stereocenters. The Morgan fingerprint density at radius 1 is 1.12 bits per heavy atom. The van der Waals surface area contributed by atoms with Crippen LogP contribution in [0.25, 0.3) is 0 Å². The standard InChI is InChI=1S/C17H21FN6O/c1-3-13-15(18)16(21-10-20-13)23-6-11-8-24(9-12(11)7-23)17-19-5-4-14(22-17)25-2/h4-5,10-12H,3,6-9H2,1-2H3. The maximum atomic E-state index is 14.5. The van der Waals surface area contributed by atoms with Gasteiger partial charge in [0.1, 0.15) is 6.33 Å². The molecule has 2 aromatic heterocycles. The van der Waals surface area contributed by atoms with Crippen molar-refractivity contribution in [2.45, 2.75) is 13.3 Å². The summed E-state index contributed by atoms with van der Waals surface area (Å²) >= 11 is 0. The van der Waals surface area contributed by atoms with Gasteiger partial charge in [0.05, 0.1) is 12.8 Å². The summed E-state index contributed by atoms with van der Waals surface area (Å²) < 4.78 is 19.7. The summed E-state index contributed by atoms with van der Waals surface area (Å²) in [5.41, 5.74) is 0.480. The fourth-order valence-electron chi connectivity index (χ4n) is 3.79. The third kappa shape index (κ3) is 2.85. The Morgan fingerprint density at radius 2 is 1.84 bits per heavy atom. The molecule has 7 nitrogen and oxygen atoms in total. The Labute approximate surface area is 145 Å². The lowest BCUT2D eigenvalue weighted by Crippen LogP contribution is -2.30. The fourth-order valence-corrected chi connectivity index (χ4v) is 3.79. The van der Waals surface area contributed by atoms with Crippen molar-refractivity contribution in [3.8, 4) is 5.88 Å². The first-order chi connectivity index (χ1) is 12.2. The molecule has 132 valence electrons. The van der Waals surface area contributed by atoms with Crippen molar-refractivity contribution in [2.75, 3.05) is 43.1 Å². The number of anilines is 2. The number of aryl methyl sites for hydroxylation is 1. The second kappa shape index (κ2) is 6.42. The van der Waals surface area contributed by atoms with Gasteiger partial charge >= 0.3 is 0 Å². The number of nitrogens with zero attached hydrogens (tertiary/aromatic N) is 6. The third-order valence-electron chi connectivity index (χ3n) is 5.07. The molecule has 2 aliphatic rings. The Bertz CT molecular complexity index is 759. The predicted octanol–water partition coefficient (Wildman–Crippen LogP) is 1.55. The van der Waals surface area contributed by atoms with Gasteiger partial charge < -0.3 is 14.5 Å². The van der Waals surface area contributed by atoms with Gasteiger partial charge in [-0.2, -0.15) is 4.98 Å². The van der Waals surface area contributed by atoms with E-state index in [-0.39, 0.29) is 5.82 Å². The van der Waals surface area contributed by atoms with Crippen LogP contribution in [-0.2, 0) is 6.42 Å². The topological polar surface area (TPSA) is 67.3 Å². The first kappa shape index (κ1) is 16.0. The van der Waals surface area contributed by atoms with Crippen LogP contribution in [0.2, 0.25) is 0 Å². The monoisotopic (exact) mass is 344 g/mol. The molecule has 0 aromatic carbocycles. The highest BCUT2D eigenvalue weighted by atomic mass is 19.1. The van der Waals surface area contributed by atoms with Crippen molar-refractivity contribution in [1.82, 2.24) is 19.9 Å². The van der Waals surface area contributed by atoms with E-state index < -0.39 is 0 Å². The first-order valence-electron chi connectivity index (χ1n) is 8.56. The van der Waals surface area contributed by atoms with Crippen LogP contribution in [0.4, 0.5) is 16.2 Å². The van der Waals surface area contributed by atoms with Gasteiger partial charge in [-0.1, -0.05) is 6.92 Å². The highest BCUT2D eigenvalue weighted by Gasteiger charge is 2.42. The lowest BCUT2D eigenvalue weighted by Gasteiger charge is -2.23. The van der Waals surface area contributed by atoms with Crippen LogP contribution in [-0.4, -0.2) is 53.2 Å². The maximum absolute atomic E-state index is 14.5. The Hall–Kier alpha value is -2.51. The molecule has 8 heteroatoms. The molecule has 2 fully saturated rings. The number of rotatable bonds is 4. The van der Waals surface area contributed by atoms with Crippen LogP contribution in [0.3, 0.4) is 0 Å². The predicted molar refractivity (Wildman–Crippen MR) is 91.4 cm³/mol. The van der Waals surface area contributed by atoms with E-state index in [1.165, 1.54) is 6.33 Å². The van der Waals surface area contributed by atoms with E-state index in [0.717, 1.165) is 26.2 Å². The highest BCUT2D eigenvalue weighted by molar-refractivity contribution is 5.44. The molecule has 0 bridgehead atoms. The lowest BCUT2D eigenvalue weighted by molar-refractivity contribution is 0.397. The molecular weight excluding hydrogens is 323 g/mol. The molecule has 4 heterocycles. The quantitative estimate of drug-likeness (QED) is 0.833. The van der Waals surface area contributed by atoms with Crippen LogP contribution in [0.5, 0.6) is 5.88 Å². The zero-order valence-electron chi connectivity index (χ0n) is 14.4. The molecule has 0 saturated carbocycles. The van der Waals surface area contributed by atoms with Crippen molar-refractivity contribution < 1.29 is 9.13 Å². The normalized spacial score (nSPS) is 22.4. The molecule has 2 aromatic rings. The van der Waals surface area contributed by atoms with Crippen LogP contribution in [0.1, 0.15) is 12.6 Å². The average molecular weight is 344 g/mol. The van der Waals surface area contributed by atoms with E-state index in [4.69, 9.17) is 4.74 Å². The molecule has 2 aliphatic heterocycles. The van der Waals surface area contributed by atoms with E-state index in [2.05, 4.69) is 29.7 Å². The largest absolute Gasteiger partial charge is 0.481 e. The minimum atomic E-state index is -0.280. The lowest BCUT2D eigenvalue weighted by atomic mass is 10.0. The summed E-state index contributed by atoms with van der Waals surface area (Å²) in [5.74, 6) is 2.33. The minimum absolute atomic E-state index is 0.280. The number of hydrogen-bond acceptors (Lipinski definition) is 7. The first-order valence-corrected chi connectivity index (χ1v) is 8.56. The number of hydrogen-bond donors (Lipinski definition) is 0. The summed E-state index contributed by atoms with van der Waals surface area (Å²) in [6, 6.07) is 1.74. The van der Waals surface area contributed by atoms with Gasteiger partial charge in [0.25, 0.3) is 0 Å². The molecule has 2 atom stereocenters. The van der Waals surface area contributed by atoms with Crippen molar-refractivity contribution >= 4 is 11.8 Å². The third-order valence-corrected chi connectivity index (χ3v) is 5.07. The second-order valence-electron chi connectivity index (χ2n) is 6.54. The molecule has 0 N–H and O–H groups in total. The highest BCUT2D eigenvalue weighted by Crippen LogP contribution is 2.35. The number of fused-ring (bicyclic) bond motifs is 1. The van der Waals surface area contributed by atoms with E-state index in [1.807, 2.05) is 6.92 Å². The number of halogens is 1. The maximum Gasteiger partial charge on any atom is 0.228 e. The van der Waals surface area contributed by atoms with Crippen molar-refractivity contribution in [3.05, 3.63) is 30.1 Å². The smallest absolute Gasteiger partial charge is 0.228 e. The zero-order chi connectivity index (χ0) is 17.4. The molecule has 0 spiro atoms. The summed E-state index contributed by atoms with van der Waals surface area (Å²) in [7, 11) is 1.60.